The van der Waals surface area contributed by atoms with Crippen molar-refractivity contribution in [1.29, 1.82) is 0 Å². The summed E-state index contributed by atoms with van der Waals surface area (Å²) in [6.45, 7) is 3.41. The van der Waals surface area contributed by atoms with Gasteiger partial charge in [0.2, 0.25) is 0 Å². The van der Waals surface area contributed by atoms with Crippen LogP contribution in [0.4, 0.5) is 5.69 Å². The molecule has 2 N–H and O–H groups in total. The molecule has 4 nitrogen and oxygen atoms in total. The van der Waals surface area contributed by atoms with Crippen LogP contribution in [0.5, 0.6) is 0 Å². The van der Waals surface area contributed by atoms with Gasteiger partial charge >= 0.3 is 0 Å². The predicted octanol–water partition coefficient (Wildman–Crippen LogP) is 2.18. The minimum atomic E-state index is 0.564. The summed E-state index contributed by atoms with van der Waals surface area (Å²) < 4.78 is 0. The number of hydrogen-bond acceptors (Lipinski definition) is 5. The Balaban J connectivity index is 1.71. The van der Waals surface area contributed by atoms with E-state index in [1.807, 2.05) is 24.3 Å². The van der Waals surface area contributed by atoms with Crippen LogP contribution in [-0.2, 0) is 6.42 Å². The summed E-state index contributed by atoms with van der Waals surface area (Å²) in [5, 5.41) is 3.36. The molecule has 21 heavy (non-hydrogen) atoms. The molecule has 1 fully saturated rings. The maximum absolute atomic E-state index is 5.73. The van der Waals surface area contributed by atoms with E-state index in [-0.39, 0.29) is 0 Å². The van der Waals surface area contributed by atoms with Crippen LogP contribution in [0.15, 0.2) is 29.6 Å². The van der Waals surface area contributed by atoms with Crippen molar-refractivity contribution in [2.75, 3.05) is 39.5 Å². The number of aromatic nitrogens is 1. The molecule has 2 heterocycles. The third kappa shape index (κ3) is 3.43. The molecule has 1 unspecified atom stereocenters. The highest BCUT2D eigenvalue weighted by Gasteiger charge is 2.23. The van der Waals surface area contributed by atoms with Gasteiger partial charge in [-0.3, -0.25) is 0 Å². The molecule has 2 aromatic rings. The van der Waals surface area contributed by atoms with Crippen LogP contribution in [0, 0.1) is 0 Å². The van der Waals surface area contributed by atoms with Gasteiger partial charge in [-0.2, -0.15) is 0 Å². The highest BCUT2D eigenvalue weighted by molar-refractivity contribution is 7.09. The molecule has 112 valence electrons. The van der Waals surface area contributed by atoms with E-state index in [4.69, 9.17) is 10.7 Å². The van der Waals surface area contributed by atoms with Crippen LogP contribution in [0.3, 0.4) is 0 Å². The average Bonchev–Trinajstić information content (AvgIpc) is 2.92. The van der Waals surface area contributed by atoms with E-state index in [1.165, 1.54) is 5.01 Å². The van der Waals surface area contributed by atoms with E-state index in [2.05, 4.69) is 29.3 Å². The Morgan fingerprint density at radius 2 is 2.00 bits per heavy atom. The second kappa shape index (κ2) is 6.13. The van der Waals surface area contributed by atoms with E-state index >= 15 is 0 Å². The zero-order valence-electron chi connectivity index (χ0n) is 12.6. The maximum atomic E-state index is 5.73. The summed E-state index contributed by atoms with van der Waals surface area (Å²) in [4.78, 5) is 9.65. The molecule has 0 amide bonds. The summed E-state index contributed by atoms with van der Waals surface area (Å²) in [7, 11) is 4.41. The van der Waals surface area contributed by atoms with E-state index < -0.39 is 0 Å². The monoisotopic (exact) mass is 302 g/mol. The lowest BCUT2D eigenvalue weighted by atomic mass is 10.1. The quantitative estimate of drug-likeness (QED) is 0.883. The summed E-state index contributed by atoms with van der Waals surface area (Å²) in [5.41, 5.74) is 8.72. The number of piperazine rings is 1. The van der Waals surface area contributed by atoms with Crippen LogP contribution in [0.25, 0.3) is 11.3 Å². The highest BCUT2D eigenvalue weighted by atomic mass is 32.1. The smallest absolute Gasteiger partial charge is 0.0948 e. The number of anilines is 1. The van der Waals surface area contributed by atoms with Gasteiger partial charge < -0.3 is 15.5 Å². The third-order valence-electron chi connectivity index (χ3n) is 4.15. The summed E-state index contributed by atoms with van der Waals surface area (Å²) in [6, 6.07) is 8.49. The minimum Gasteiger partial charge on any atom is -0.399 e. The van der Waals surface area contributed by atoms with Crippen LogP contribution in [-0.4, -0.2) is 54.6 Å². The van der Waals surface area contributed by atoms with E-state index in [1.54, 1.807) is 11.3 Å². The second-order valence-electron chi connectivity index (χ2n) is 5.85. The zero-order valence-corrected chi connectivity index (χ0v) is 13.4. The van der Waals surface area contributed by atoms with Crippen molar-refractivity contribution >= 4 is 17.0 Å². The Hall–Kier alpha value is -1.43. The number of nitrogen functional groups attached to an aromatic ring is 1. The van der Waals surface area contributed by atoms with Crippen molar-refractivity contribution in [1.82, 2.24) is 14.8 Å². The van der Waals surface area contributed by atoms with Gasteiger partial charge in [0.05, 0.1) is 10.7 Å². The molecule has 0 bridgehead atoms. The van der Waals surface area contributed by atoms with Gasteiger partial charge in [-0.05, 0) is 26.2 Å². The lowest BCUT2D eigenvalue weighted by Crippen LogP contribution is -2.50. The van der Waals surface area contributed by atoms with E-state index in [9.17, 15) is 0 Å². The van der Waals surface area contributed by atoms with Crippen molar-refractivity contribution in [3.63, 3.8) is 0 Å². The maximum Gasteiger partial charge on any atom is 0.0948 e. The van der Waals surface area contributed by atoms with Crippen molar-refractivity contribution in [3.05, 3.63) is 34.7 Å². The summed E-state index contributed by atoms with van der Waals surface area (Å²) >= 11 is 1.76. The number of likely N-dealkylation sites (N-methyl/N-ethyl adjacent to an activating group) is 2. The predicted molar refractivity (Wildman–Crippen MR) is 89.6 cm³/mol. The molecule has 0 radical (unpaired) electrons. The number of thiazole rings is 1. The Labute approximate surface area is 130 Å². The molecular weight excluding hydrogens is 280 g/mol. The first-order valence-corrected chi connectivity index (χ1v) is 8.19. The molecule has 0 saturated carbocycles. The molecule has 3 rings (SSSR count). The zero-order chi connectivity index (χ0) is 14.8. The van der Waals surface area contributed by atoms with Gasteiger partial charge in [0, 0.05) is 48.7 Å². The normalized spacial score (nSPS) is 20.8. The molecule has 0 spiro atoms. The van der Waals surface area contributed by atoms with Crippen molar-refractivity contribution in [3.8, 4) is 11.3 Å². The largest absolute Gasteiger partial charge is 0.399 e. The Bertz CT molecular complexity index is 593. The van der Waals surface area contributed by atoms with Gasteiger partial charge in [0.25, 0.3) is 0 Å². The molecule has 5 heteroatoms. The Kier molecular flexibility index (Phi) is 4.24. The van der Waals surface area contributed by atoms with Crippen LogP contribution < -0.4 is 5.73 Å². The second-order valence-corrected chi connectivity index (χ2v) is 6.79. The standard InChI is InChI=1S/C16H22N4S/c1-19-7-8-20(2)14(10-19)9-16-18-15(11-21-16)12-3-5-13(17)6-4-12/h3-6,11,14H,7-10,17H2,1-2H3. The number of nitrogens with two attached hydrogens (primary N) is 1. The summed E-state index contributed by atoms with van der Waals surface area (Å²) in [5.74, 6) is 0. The lowest BCUT2D eigenvalue weighted by molar-refractivity contribution is 0.114. The Morgan fingerprint density at radius 1 is 1.24 bits per heavy atom. The molecule has 1 saturated heterocycles. The lowest BCUT2D eigenvalue weighted by Gasteiger charge is -2.37. The van der Waals surface area contributed by atoms with Crippen LogP contribution >= 0.6 is 11.3 Å². The van der Waals surface area contributed by atoms with Gasteiger partial charge in [0.1, 0.15) is 0 Å². The average molecular weight is 302 g/mol. The molecule has 1 aromatic carbocycles. The van der Waals surface area contributed by atoms with E-state index in [0.29, 0.717) is 6.04 Å². The number of hydrogen-bond donors (Lipinski definition) is 1. The fourth-order valence-electron chi connectivity index (χ4n) is 2.71. The number of rotatable bonds is 3. The molecule has 0 aliphatic carbocycles. The van der Waals surface area contributed by atoms with Gasteiger partial charge in [-0.15, -0.1) is 11.3 Å². The SMILES string of the molecule is CN1CCN(C)C(Cc2nc(-c3ccc(N)cc3)cs2)C1. The fraction of sp³-hybridized carbons (Fsp3) is 0.438. The van der Waals surface area contributed by atoms with Gasteiger partial charge in [0.15, 0.2) is 0 Å². The van der Waals surface area contributed by atoms with Gasteiger partial charge in [-0.25, -0.2) is 4.98 Å². The van der Waals surface area contributed by atoms with Crippen molar-refractivity contribution in [2.24, 2.45) is 0 Å². The summed E-state index contributed by atoms with van der Waals surface area (Å²) in [6.07, 6.45) is 1.03. The molecule has 1 aliphatic heterocycles. The molecular formula is C16H22N4S. The van der Waals surface area contributed by atoms with Gasteiger partial charge in [-0.1, -0.05) is 12.1 Å². The highest BCUT2D eigenvalue weighted by Crippen LogP contribution is 2.24. The minimum absolute atomic E-state index is 0.564. The van der Waals surface area contributed by atoms with Crippen molar-refractivity contribution < 1.29 is 0 Å². The molecule has 1 atom stereocenters. The molecule has 1 aliphatic rings. The van der Waals surface area contributed by atoms with Crippen LogP contribution in [0.2, 0.25) is 0 Å². The topological polar surface area (TPSA) is 45.4 Å². The first-order valence-electron chi connectivity index (χ1n) is 7.31. The third-order valence-corrected chi connectivity index (χ3v) is 5.02. The van der Waals surface area contributed by atoms with E-state index in [0.717, 1.165) is 43.0 Å². The number of benzene rings is 1. The fourth-order valence-corrected chi connectivity index (χ4v) is 3.59. The Morgan fingerprint density at radius 3 is 2.76 bits per heavy atom. The van der Waals surface area contributed by atoms with Crippen LogP contribution in [0.1, 0.15) is 5.01 Å². The number of nitrogens with zero attached hydrogens (tertiary/aromatic N) is 3. The van der Waals surface area contributed by atoms with Crippen molar-refractivity contribution in [2.45, 2.75) is 12.5 Å². The molecule has 1 aromatic heterocycles. The first kappa shape index (κ1) is 14.5. The first-order chi connectivity index (χ1) is 10.1.